The first-order valence-corrected chi connectivity index (χ1v) is 11.2. The van der Waals surface area contributed by atoms with Gasteiger partial charge in [-0.05, 0) is 37.1 Å². The number of alkyl halides is 5. The molecule has 1 aliphatic rings. The maximum Gasteiger partial charge on any atom is 0.433 e. The first-order valence-electron chi connectivity index (χ1n) is 11.2. The van der Waals surface area contributed by atoms with Crippen molar-refractivity contribution in [2.45, 2.75) is 50.2 Å². The van der Waals surface area contributed by atoms with Gasteiger partial charge < -0.3 is 9.88 Å². The number of pyridine rings is 2. The molecule has 0 unspecified atom stereocenters. The molecule has 0 saturated heterocycles. The average molecular weight is 524 g/mol. The van der Waals surface area contributed by atoms with Gasteiger partial charge in [0, 0.05) is 24.8 Å². The van der Waals surface area contributed by atoms with E-state index in [1.807, 2.05) is 0 Å². The Labute approximate surface area is 203 Å². The predicted molar refractivity (Wildman–Crippen MR) is 119 cm³/mol. The SMILES string of the molecule is O=C(Cn1c2nc(C(F)(F)F)ccc2c(=O)n2nc(C3CCC(F)(F)CC3)cc12)Nc1ccc(F)cn1. The van der Waals surface area contributed by atoms with Crippen LogP contribution in [0, 0.1) is 5.82 Å². The third-order valence-electron chi connectivity index (χ3n) is 6.26. The molecule has 0 bridgehead atoms. The predicted octanol–water partition coefficient (Wildman–Crippen LogP) is 4.53. The monoisotopic (exact) mass is 524 g/mol. The van der Waals surface area contributed by atoms with E-state index in [-0.39, 0.29) is 42.5 Å². The minimum absolute atomic E-state index is 0.00552. The average Bonchev–Trinajstić information content (AvgIpc) is 3.28. The van der Waals surface area contributed by atoms with E-state index in [0.29, 0.717) is 11.8 Å². The van der Waals surface area contributed by atoms with Crippen molar-refractivity contribution in [2.24, 2.45) is 0 Å². The molecular formula is C23H18F6N6O2. The second-order valence-corrected chi connectivity index (χ2v) is 8.84. The molecule has 1 aliphatic carbocycles. The summed E-state index contributed by atoms with van der Waals surface area (Å²) in [4.78, 5) is 33.2. The number of carbonyl (C=O) groups excluding carboxylic acids is 1. The van der Waals surface area contributed by atoms with Gasteiger partial charge in [0.25, 0.3) is 5.56 Å². The summed E-state index contributed by atoms with van der Waals surface area (Å²) in [6, 6.07) is 5.26. The van der Waals surface area contributed by atoms with Gasteiger partial charge in [-0.2, -0.15) is 22.8 Å². The lowest BCUT2D eigenvalue weighted by Gasteiger charge is -2.26. The van der Waals surface area contributed by atoms with Gasteiger partial charge >= 0.3 is 6.18 Å². The van der Waals surface area contributed by atoms with E-state index < -0.39 is 53.2 Å². The molecule has 1 saturated carbocycles. The van der Waals surface area contributed by atoms with Gasteiger partial charge in [0.15, 0.2) is 0 Å². The highest BCUT2D eigenvalue weighted by atomic mass is 19.4. The lowest BCUT2D eigenvalue weighted by Crippen LogP contribution is -2.26. The largest absolute Gasteiger partial charge is 0.433 e. The lowest BCUT2D eigenvalue weighted by atomic mass is 9.85. The van der Waals surface area contributed by atoms with Crippen LogP contribution in [0.2, 0.25) is 0 Å². The maximum absolute atomic E-state index is 13.6. The van der Waals surface area contributed by atoms with E-state index in [0.717, 1.165) is 27.4 Å². The summed E-state index contributed by atoms with van der Waals surface area (Å²) in [5.74, 6) is -4.58. The van der Waals surface area contributed by atoms with Crippen LogP contribution in [0.3, 0.4) is 0 Å². The molecule has 5 rings (SSSR count). The van der Waals surface area contributed by atoms with Crippen molar-refractivity contribution in [1.29, 1.82) is 0 Å². The number of hydrogen-bond acceptors (Lipinski definition) is 5. The molecule has 0 radical (unpaired) electrons. The minimum atomic E-state index is -4.82. The lowest BCUT2D eigenvalue weighted by molar-refractivity contribution is -0.141. The van der Waals surface area contributed by atoms with Crippen molar-refractivity contribution in [3.8, 4) is 0 Å². The quantitative estimate of drug-likeness (QED) is 0.396. The van der Waals surface area contributed by atoms with Gasteiger partial charge in [0.2, 0.25) is 11.8 Å². The fourth-order valence-electron chi connectivity index (χ4n) is 4.40. The van der Waals surface area contributed by atoms with Crippen molar-refractivity contribution in [3.63, 3.8) is 0 Å². The van der Waals surface area contributed by atoms with E-state index in [4.69, 9.17) is 0 Å². The number of anilines is 1. The molecule has 0 aromatic carbocycles. The zero-order valence-electron chi connectivity index (χ0n) is 18.9. The summed E-state index contributed by atoms with van der Waals surface area (Å²) in [6.07, 6.45) is -4.45. The number of rotatable bonds is 4. The van der Waals surface area contributed by atoms with Crippen LogP contribution >= 0.6 is 0 Å². The Morgan fingerprint density at radius 1 is 1.14 bits per heavy atom. The van der Waals surface area contributed by atoms with Crippen LogP contribution in [-0.2, 0) is 17.5 Å². The smallest absolute Gasteiger partial charge is 0.309 e. The first-order chi connectivity index (χ1) is 17.4. The number of nitrogens with one attached hydrogen (secondary N) is 1. The molecule has 37 heavy (non-hydrogen) atoms. The van der Waals surface area contributed by atoms with Crippen LogP contribution in [0.15, 0.2) is 41.3 Å². The summed E-state index contributed by atoms with van der Waals surface area (Å²) in [7, 11) is 0. The Bertz CT molecular complexity index is 1550. The van der Waals surface area contributed by atoms with E-state index in [1.165, 1.54) is 12.1 Å². The third kappa shape index (κ3) is 4.87. The maximum atomic E-state index is 13.6. The van der Waals surface area contributed by atoms with Crippen molar-refractivity contribution in [1.82, 2.24) is 24.1 Å². The number of fused-ring (bicyclic) bond motifs is 2. The van der Waals surface area contributed by atoms with Crippen LogP contribution in [0.4, 0.5) is 32.2 Å². The highest BCUT2D eigenvalue weighted by Crippen LogP contribution is 2.40. The molecule has 4 heterocycles. The van der Waals surface area contributed by atoms with Gasteiger partial charge in [-0.15, -0.1) is 0 Å². The van der Waals surface area contributed by atoms with Gasteiger partial charge in [0.1, 0.15) is 35.2 Å². The topological polar surface area (TPSA) is 94.2 Å². The molecular weight excluding hydrogens is 506 g/mol. The standard InChI is InChI=1S/C23H18F6N6O2/c24-13-1-4-17(30-10-13)32-18(36)11-34-19-9-15(12-5-7-22(25,26)8-6-12)33-35(19)21(37)14-2-3-16(23(27,28)29)31-20(14)34/h1-4,9-10,12H,5-8,11H2,(H,30,32,36). The second kappa shape index (κ2) is 8.85. The fraction of sp³-hybridized carbons (Fsp3) is 0.348. The second-order valence-electron chi connectivity index (χ2n) is 8.84. The van der Waals surface area contributed by atoms with Crippen LogP contribution in [0.25, 0.3) is 16.7 Å². The van der Waals surface area contributed by atoms with E-state index in [2.05, 4.69) is 20.4 Å². The minimum Gasteiger partial charge on any atom is -0.309 e. The molecule has 8 nitrogen and oxygen atoms in total. The fourth-order valence-corrected chi connectivity index (χ4v) is 4.40. The summed E-state index contributed by atoms with van der Waals surface area (Å²) < 4.78 is 82.7. The molecule has 4 aromatic heterocycles. The van der Waals surface area contributed by atoms with Crippen LogP contribution < -0.4 is 10.9 Å². The summed E-state index contributed by atoms with van der Waals surface area (Å²) in [5.41, 5.74) is -2.16. The highest BCUT2D eigenvalue weighted by Gasteiger charge is 2.37. The number of carbonyl (C=O) groups is 1. The molecule has 0 aliphatic heterocycles. The Morgan fingerprint density at radius 3 is 2.51 bits per heavy atom. The molecule has 194 valence electrons. The molecule has 14 heteroatoms. The Hall–Kier alpha value is -3.97. The molecule has 0 atom stereocenters. The van der Waals surface area contributed by atoms with Gasteiger partial charge in [-0.1, -0.05) is 0 Å². The van der Waals surface area contributed by atoms with Crippen LogP contribution in [0.1, 0.15) is 43.0 Å². The molecule has 1 N–H and O–H groups in total. The first kappa shape index (κ1) is 24.7. The number of nitrogens with zero attached hydrogens (tertiary/aromatic N) is 5. The summed E-state index contributed by atoms with van der Waals surface area (Å²) in [5, 5.41) is 6.45. The van der Waals surface area contributed by atoms with Crippen LogP contribution in [0.5, 0.6) is 0 Å². The van der Waals surface area contributed by atoms with Gasteiger partial charge in [-0.25, -0.2) is 23.1 Å². The molecule has 1 amide bonds. The molecule has 4 aromatic rings. The van der Waals surface area contributed by atoms with Crippen molar-refractivity contribution >= 4 is 28.4 Å². The molecule has 0 spiro atoms. The van der Waals surface area contributed by atoms with E-state index in [9.17, 15) is 35.9 Å². The zero-order valence-corrected chi connectivity index (χ0v) is 18.9. The van der Waals surface area contributed by atoms with Gasteiger partial charge in [0.05, 0.1) is 17.3 Å². The van der Waals surface area contributed by atoms with Crippen molar-refractivity contribution in [3.05, 3.63) is 64.1 Å². The Morgan fingerprint density at radius 2 is 1.86 bits per heavy atom. The van der Waals surface area contributed by atoms with Crippen LogP contribution in [-0.4, -0.2) is 36.0 Å². The highest BCUT2D eigenvalue weighted by molar-refractivity contribution is 5.91. The summed E-state index contributed by atoms with van der Waals surface area (Å²) in [6.45, 7) is -0.596. The zero-order chi connectivity index (χ0) is 26.5. The Kier molecular flexibility index (Phi) is 5.91. The number of amides is 1. The van der Waals surface area contributed by atoms with Gasteiger partial charge in [-0.3, -0.25) is 9.59 Å². The van der Waals surface area contributed by atoms with E-state index >= 15 is 0 Å². The number of aromatic nitrogens is 5. The van der Waals surface area contributed by atoms with Crippen molar-refractivity contribution < 1.29 is 31.1 Å². The van der Waals surface area contributed by atoms with Crippen molar-refractivity contribution in [2.75, 3.05) is 5.32 Å². The third-order valence-corrected chi connectivity index (χ3v) is 6.26. The van der Waals surface area contributed by atoms with E-state index in [1.54, 1.807) is 0 Å². The Balaban J connectivity index is 1.62. The molecule has 1 fully saturated rings. The number of halogens is 6. The number of hydrogen-bond donors (Lipinski definition) is 1. The summed E-state index contributed by atoms with van der Waals surface area (Å²) >= 11 is 0. The normalized spacial score (nSPS) is 16.4.